The van der Waals surface area contributed by atoms with Crippen LogP contribution in [-0.4, -0.2) is 15.0 Å². The molecular formula is C62H41N3. The molecule has 0 spiro atoms. The van der Waals surface area contributed by atoms with Crippen molar-refractivity contribution in [3.63, 3.8) is 0 Å². The molecule has 0 bridgehead atoms. The van der Waals surface area contributed by atoms with Crippen LogP contribution in [0.2, 0.25) is 0 Å². The van der Waals surface area contributed by atoms with Gasteiger partial charge in [0.25, 0.3) is 0 Å². The summed E-state index contributed by atoms with van der Waals surface area (Å²) >= 11 is 0. The van der Waals surface area contributed by atoms with Gasteiger partial charge < -0.3 is 0 Å². The predicted molar refractivity (Wildman–Crippen MR) is 267 cm³/mol. The third-order valence-corrected chi connectivity index (χ3v) is 13.0. The van der Waals surface area contributed by atoms with Gasteiger partial charge in [-0.3, -0.25) is 0 Å². The lowest BCUT2D eigenvalue weighted by Crippen LogP contribution is -2.28. The van der Waals surface area contributed by atoms with Crippen LogP contribution < -0.4 is 0 Å². The van der Waals surface area contributed by atoms with Crippen LogP contribution >= 0.6 is 0 Å². The van der Waals surface area contributed by atoms with Crippen molar-refractivity contribution in [2.75, 3.05) is 0 Å². The van der Waals surface area contributed by atoms with Crippen molar-refractivity contribution in [1.29, 1.82) is 0 Å². The summed E-state index contributed by atoms with van der Waals surface area (Å²) in [6.45, 7) is 0. The van der Waals surface area contributed by atoms with Crippen molar-refractivity contribution in [3.8, 4) is 78.7 Å². The largest absolute Gasteiger partial charge is 0.208 e. The summed E-state index contributed by atoms with van der Waals surface area (Å²) < 4.78 is 0. The van der Waals surface area contributed by atoms with Crippen LogP contribution in [0.25, 0.3) is 89.4 Å². The van der Waals surface area contributed by atoms with Crippen molar-refractivity contribution >= 4 is 10.8 Å². The Bertz CT molecular complexity index is 3450. The number of rotatable bonds is 8. The SMILES string of the molecule is c1ccc(-c2ccc(-c3nc(-c4ccccc4)nc(-c4ccc(-c5c(-c6ccc7c(c6)C(c6ccccc6)(c6ccccc6)c6ccccc6-7)ccc6ccccc56)cc4)n3)cc2)cc1. The minimum atomic E-state index is -0.491. The lowest BCUT2D eigenvalue weighted by Gasteiger charge is -2.34. The normalized spacial score (nSPS) is 12.4. The van der Waals surface area contributed by atoms with Gasteiger partial charge in [-0.1, -0.05) is 243 Å². The van der Waals surface area contributed by atoms with Crippen molar-refractivity contribution in [3.05, 3.63) is 271 Å². The van der Waals surface area contributed by atoms with E-state index >= 15 is 0 Å². The molecule has 0 unspecified atom stereocenters. The molecule has 65 heavy (non-hydrogen) atoms. The highest BCUT2D eigenvalue weighted by atomic mass is 15.0. The van der Waals surface area contributed by atoms with Gasteiger partial charge in [0.2, 0.25) is 0 Å². The molecule has 12 rings (SSSR count). The Balaban J connectivity index is 0.994. The van der Waals surface area contributed by atoms with Crippen LogP contribution in [0.1, 0.15) is 22.3 Å². The molecule has 1 aromatic heterocycles. The van der Waals surface area contributed by atoms with E-state index in [1.54, 1.807) is 0 Å². The molecule has 3 heteroatoms. The molecule has 0 saturated carbocycles. The molecule has 304 valence electrons. The molecule has 1 aliphatic carbocycles. The van der Waals surface area contributed by atoms with Crippen molar-refractivity contribution < 1.29 is 0 Å². The summed E-state index contributed by atoms with van der Waals surface area (Å²) in [5, 5.41) is 2.39. The highest BCUT2D eigenvalue weighted by Gasteiger charge is 2.46. The van der Waals surface area contributed by atoms with Crippen molar-refractivity contribution in [2.45, 2.75) is 5.41 Å². The molecule has 0 N–H and O–H groups in total. The summed E-state index contributed by atoms with van der Waals surface area (Å²) in [5.41, 5.74) is 16.9. The molecule has 10 aromatic carbocycles. The maximum Gasteiger partial charge on any atom is 0.164 e. The zero-order valence-electron chi connectivity index (χ0n) is 35.5. The van der Waals surface area contributed by atoms with Gasteiger partial charge in [0.05, 0.1) is 5.41 Å². The third-order valence-electron chi connectivity index (χ3n) is 13.0. The Morgan fingerprint density at radius 2 is 0.677 bits per heavy atom. The fourth-order valence-corrected chi connectivity index (χ4v) is 10.0. The molecule has 1 heterocycles. The summed E-state index contributed by atoms with van der Waals surface area (Å²) in [4.78, 5) is 15.2. The Morgan fingerprint density at radius 1 is 0.262 bits per heavy atom. The fourth-order valence-electron chi connectivity index (χ4n) is 10.0. The molecule has 0 radical (unpaired) electrons. The summed E-state index contributed by atoms with van der Waals surface area (Å²) in [5.74, 6) is 1.90. The second kappa shape index (κ2) is 16.0. The number of aromatic nitrogens is 3. The van der Waals surface area contributed by atoms with Crippen molar-refractivity contribution in [1.82, 2.24) is 15.0 Å². The van der Waals surface area contributed by atoms with Crippen molar-refractivity contribution in [2.24, 2.45) is 0 Å². The second-order valence-corrected chi connectivity index (χ2v) is 16.7. The van der Waals surface area contributed by atoms with Crippen LogP contribution in [0, 0.1) is 0 Å². The molecule has 11 aromatic rings. The molecule has 1 aliphatic rings. The summed E-state index contributed by atoms with van der Waals surface area (Å²) in [6, 6.07) is 89.2. The predicted octanol–water partition coefficient (Wildman–Crippen LogP) is 15.4. The van der Waals surface area contributed by atoms with Crippen LogP contribution in [0.5, 0.6) is 0 Å². The van der Waals surface area contributed by atoms with Gasteiger partial charge in [-0.15, -0.1) is 0 Å². The van der Waals surface area contributed by atoms with Gasteiger partial charge >= 0.3 is 0 Å². The maximum atomic E-state index is 5.11. The first-order chi connectivity index (χ1) is 32.2. The van der Waals surface area contributed by atoms with Gasteiger partial charge in [-0.2, -0.15) is 0 Å². The zero-order chi connectivity index (χ0) is 43.2. The van der Waals surface area contributed by atoms with Gasteiger partial charge in [0, 0.05) is 16.7 Å². The number of benzene rings is 10. The monoisotopic (exact) mass is 827 g/mol. The molecule has 0 amide bonds. The highest BCUT2D eigenvalue weighted by molar-refractivity contribution is 6.05. The minimum absolute atomic E-state index is 0.491. The number of hydrogen-bond acceptors (Lipinski definition) is 3. The van der Waals surface area contributed by atoms with Crippen LogP contribution in [-0.2, 0) is 5.41 Å². The van der Waals surface area contributed by atoms with Crippen LogP contribution in [0.4, 0.5) is 0 Å². The van der Waals surface area contributed by atoms with Crippen LogP contribution in [0.3, 0.4) is 0 Å². The first-order valence-electron chi connectivity index (χ1n) is 22.2. The topological polar surface area (TPSA) is 38.7 Å². The molecule has 3 nitrogen and oxygen atoms in total. The summed E-state index contributed by atoms with van der Waals surface area (Å²) in [6.07, 6.45) is 0. The summed E-state index contributed by atoms with van der Waals surface area (Å²) in [7, 11) is 0. The highest BCUT2D eigenvalue weighted by Crippen LogP contribution is 2.57. The number of nitrogens with zero attached hydrogens (tertiary/aromatic N) is 3. The quantitative estimate of drug-likeness (QED) is 0.153. The second-order valence-electron chi connectivity index (χ2n) is 16.7. The fraction of sp³-hybridized carbons (Fsp3) is 0.0161. The standard InChI is InChI=1S/C62H41N3/c1-5-17-42(18-6-1)43-29-33-47(34-30-43)60-63-59(46-20-7-2-8-21-46)64-61(65-60)48-35-31-45(32-36-48)58-52-26-14-13-19-44(52)37-39-53(58)49-38-40-55-54-27-15-16-28-56(54)62(57(55)41-49,50-22-9-3-10-23-50)51-24-11-4-12-25-51/h1-41H. The zero-order valence-corrected chi connectivity index (χ0v) is 35.5. The minimum Gasteiger partial charge on any atom is -0.208 e. The molecular weight excluding hydrogens is 787 g/mol. The average Bonchev–Trinajstić information content (AvgIpc) is 3.69. The first kappa shape index (κ1) is 38.2. The van der Waals surface area contributed by atoms with Gasteiger partial charge in [-0.05, 0) is 83.6 Å². The maximum absolute atomic E-state index is 5.11. The Hall–Kier alpha value is -8.53. The van der Waals surface area contributed by atoms with Gasteiger partial charge in [-0.25, -0.2) is 15.0 Å². The molecule has 0 saturated heterocycles. The van der Waals surface area contributed by atoms with E-state index in [-0.39, 0.29) is 0 Å². The molecule has 0 atom stereocenters. The Kier molecular flexibility index (Phi) is 9.39. The van der Waals surface area contributed by atoms with E-state index in [0.717, 1.165) is 27.8 Å². The smallest absolute Gasteiger partial charge is 0.164 e. The van der Waals surface area contributed by atoms with Crippen LogP contribution in [0.15, 0.2) is 249 Å². The third kappa shape index (κ3) is 6.56. The molecule has 0 fully saturated rings. The molecule has 0 aliphatic heterocycles. The van der Waals surface area contributed by atoms with Gasteiger partial charge in [0.1, 0.15) is 0 Å². The average molecular weight is 828 g/mol. The number of fused-ring (bicyclic) bond motifs is 4. The van der Waals surface area contributed by atoms with E-state index in [1.165, 1.54) is 66.4 Å². The van der Waals surface area contributed by atoms with E-state index in [1.807, 2.05) is 36.4 Å². The van der Waals surface area contributed by atoms with E-state index in [2.05, 4.69) is 212 Å². The van der Waals surface area contributed by atoms with E-state index in [4.69, 9.17) is 15.0 Å². The van der Waals surface area contributed by atoms with E-state index in [0.29, 0.717) is 17.5 Å². The Labute approximate surface area is 379 Å². The lowest BCUT2D eigenvalue weighted by molar-refractivity contribution is 0.769. The Morgan fingerprint density at radius 3 is 1.29 bits per heavy atom. The lowest BCUT2D eigenvalue weighted by atomic mass is 9.67. The van der Waals surface area contributed by atoms with E-state index in [9.17, 15) is 0 Å². The number of hydrogen-bond donors (Lipinski definition) is 0. The first-order valence-corrected chi connectivity index (χ1v) is 22.2. The van der Waals surface area contributed by atoms with Gasteiger partial charge in [0.15, 0.2) is 17.5 Å². The van der Waals surface area contributed by atoms with E-state index < -0.39 is 5.41 Å².